The molecular weight excluding hydrogens is 464 g/mol. The highest BCUT2D eigenvalue weighted by atomic mass is 16.2. The summed E-state index contributed by atoms with van der Waals surface area (Å²) in [5.41, 5.74) is 0. The lowest BCUT2D eigenvalue weighted by atomic mass is 10.1. The summed E-state index contributed by atoms with van der Waals surface area (Å²) in [5.74, 6) is 0. The first-order chi connectivity index (χ1) is 18.8. The van der Waals surface area contributed by atoms with Crippen molar-refractivity contribution >= 4 is 6.03 Å². The molecule has 1 aliphatic heterocycles. The van der Waals surface area contributed by atoms with Crippen LogP contribution in [-0.4, -0.2) is 42.0 Å². The van der Waals surface area contributed by atoms with Gasteiger partial charge in [-0.05, 0) is 64.2 Å². The van der Waals surface area contributed by atoms with Gasteiger partial charge < -0.3 is 9.80 Å². The molecule has 0 aliphatic carbocycles. The number of carbonyl (C=O) groups is 1. The van der Waals surface area contributed by atoms with Crippen molar-refractivity contribution in [3.63, 3.8) is 0 Å². The maximum Gasteiger partial charge on any atom is 0.319 e. The SMILES string of the molecule is CCCCC=CCCCCCCCCN(CCCCCCCCC=CCCCC)C(=O)N1CCCCCC1. The molecule has 1 rings (SSSR count). The lowest BCUT2D eigenvalue weighted by Gasteiger charge is -2.30. The predicted molar refractivity (Wildman–Crippen MR) is 169 cm³/mol. The molecular formula is C35H66N2O. The van der Waals surface area contributed by atoms with Gasteiger partial charge >= 0.3 is 6.03 Å². The van der Waals surface area contributed by atoms with Crippen molar-refractivity contribution in [2.45, 2.75) is 168 Å². The Morgan fingerprint density at radius 1 is 0.526 bits per heavy atom. The van der Waals surface area contributed by atoms with Gasteiger partial charge in [0.15, 0.2) is 0 Å². The molecule has 0 N–H and O–H groups in total. The minimum absolute atomic E-state index is 0.330. The van der Waals surface area contributed by atoms with E-state index in [4.69, 9.17) is 0 Å². The molecule has 0 aromatic heterocycles. The summed E-state index contributed by atoms with van der Waals surface area (Å²) in [6.07, 6.45) is 40.2. The molecule has 1 fully saturated rings. The Morgan fingerprint density at radius 3 is 1.32 bits per heavy atom. The molecule has 0 aromatic carbocycles. The van der Waals surface area contributed by atoms with Crippen molar-refractivity contribution in [3.8, 4) is 0 Å². The van der Waals surface area contributed by atoms with Crippen LogP contribution >= 0.6 is 0 Å². The first-order valence-corrected chi connectivity index (χ1v) is 17.1. The quantitative estimate of drug-likeness (QED) is 0.0899. The third kappa shape index (κ3) is 20.7. The largest absolute Gasteiger partial charge is 0.325 e. The van der Waals surface area contributed by atoms with E-state index in [2.05, 4.69) is 48.0 Å². The molecule has 1 saturated heterocycles. The Labute approximate surface area is 238 Å². The number of amides is 2. The van der Waals surface area contributed by atoms with E-state index in [0.29, 0.717) is 6.03 Å². The maximum absolute atomic E-state index is 13.4. The zero-order valence-corrected chi connectivity index (χ0v) is 25.9. The summed E-state index contributed by atoms with van der Waals surface area (Å²) in [6.45, 7) is 8.37. The Bertz CT molecular complexity index is 528. The average molecular weight is 531 g/mol. The molecule has 38 heavy (non-hydrogen) atoms. The average Bonchev–Trinajstić information content (AvgIpc) is 3.22. The van der Waals surface area contributed by atoms with Gasteiger partial charge in [0, 0.05) is 26.2 Å². The standard InChI is InChI=1S/C35H66N2O/c1-3-5-7-9-11-13-15-17-19-21-23-27-31-36(35(38)37-33-29-25-26-30-34-37)32-28-24-22-20-18-16-14-12-10-8-6-4-2/h9-12H,3-8,13-34H2,1-2H3. The zero-order valence-electron chi connectivity index (χ0n) is 25.9. The van der Waals surface area contributed by atoms with E-state index >= 15 is 0 Å². The van der Waals surface area contributed by atoms with Crippen LogP contribution < -0.4 is 0 Å². The van der Waals surface area contributed by atoms with E-state index in [0.717, 1.165) is 26.2 Å². The van der Waals surface area contributed by atoms with Crippen LogP contribution in [0.2, 0.25) is 0 Å². The summed E-state index contributed by atoms with van der Waals surface area (Å²) in [6, 6.07) is 0.330. The summed E-state index contributed by atoms with van der Waals surface area (Å²) >= 11 is 0. The fourth-order valence-corrected chi connectivity index (χ4v) is 5.42. The number of hydrogen-bond acceptors (Lipinski definition) is 1. The highest BCUT2D eigenvalue weighted by Crippen LogP contribution is 2.15. The van der Waals surface area contributed by atoms with Crippen molar-refractivity contribution in [1.29, 1.82) is 0 Å². The first-order valence-electron chi connectivity index (χ1n) is 17.1. The Hall–Kier alpha value is -1.25. The van der Waals surface area contributed by atoms with Crippen LogP contribution in [-0.2, 0) is 0 Å². The van der Waals surface area contributed by atoms with Crippen molar-refractivity contribution in [2.24, 2.45) is 0 Å². The molecule has 0 bridgehead atoms. The van der Waals surface area contributed by atoms with Crippen molar-refractivity contribution < 1.29 is 4.79 Å². The number of urea groups is 1. The first kappa shape index (κ1) is 34.8. The second-order valence-corrected chi connectivity index (χ2v) is 11.7. The third-order valence-electron chi connectivity index (χ3n) is 8.03. The van der Waals surface area contributed by atoms with E-state index in [9.17, 15) is 4.79 Å². The van der Waals surface area contributed by atoms with Crippen LogP contribution in [0.25, 0.3) is 0 Å². The van der Waals surface area contributed by atoms with Crippen molar-refractivity contribution in [2.75, 3.05) is 26.2 Å². The van der Waals surface area contributed by atoms with Crippen LogP contribution in [0, 0.1) is 0 Å². The van der Waals surface area contributed by atoms with Crippen LogP contribution in [0.1, 0.15) is 168 Å². The van der Waals surface area contributed by atoms with E-state index < -0.39 is 0 Å². The molecule has 0 saturated carbocycles. The number of allylic oxidation sites excluding steroid dienone is 4. The smallest absolute Gasteiger partial charge is 0.319 e. The topological polar surface area (TPSA) is 23.6 Å². The second kappa shape index (κ2) is 27.3. The summed E-state index contributed by atoms with van der Waals surface area (Å²) in [4.78, 5) is 17.7. The molecule has 0 unspecified atom stereocenters. The highest BCUT2D eigenvalue weighted by Gasteiger charge is 2.21. The summed E-state index contributed by atoms with van der Waals surface area (Å²) in [7, 11) is 0. The molecule has 3 nitrogen and oxygen atoms in total. The number of rotatable bonds is 24. The van der Waals surface area contributed by atoms with Gasteiger partial charge in [0.2, 0.25) is 0 Å². The second-order valence-electron chi connectivity index (χ2n) is 11.7. The van der Waals surface area contributed by atoms with Gasteiger partial charge in [0.05, 0.1) is 0 Å². The molecule has 0 aromatic rings. The number of carbonyl (C=O) groups excluding carboxylic acids is 1. The van der Waals surface area contributed by atoms with E-state index in [1.807, 2.05) is 0 Å². The molecule has 1 aliphatic rings. The van der Waals surface area contributed by atoms with Gasteiger partial charge in [-0.3, -0.25) is 0 Å². The highest BCUT2D eigenvalue weighted by molar-refractivity contribution is 5.74. The molecule has 0 spiro atoms. The lowest BCUT2D eigenvalue weighted by Crippen LogP contribution is -2.44. The van der Waals surface area contributed by atoms with Gasteiger partial charge in [0.1, 0.15) is 0 Å². The Kier molecular flexibility index (Phi) is 25.0. The Morgan fingerprint density at radius 2 is 0.895 bits per heavy atom. The Balaban J connectivity index is 2.21. The van der Waals surface area contributed by atoms with Gasteiger partial charge in [-0.1, -0.05) is 128 Å². The van der Waals surface area contributed by atoms with Gasteiger partial charge in [-0.15, -0.1) is 0 Å². The number of nitrogens with zero attached hydrogens (tertiary/aromatic N) is 2. The maximum atomic E-state index is 13.4. The number of unbranched alkanes of at least 4 members (excludes halogenated alkanes) is 16. The molecule has 1 heterocycles. The zero-order chi connectivity index (χ0) is 27.4. The normalized spacial score (nSPS) is 14.5. The van der Waals surface area contributed by atoms with Crippen LogP contribution in [0.15, 0.2) is 24.3 Å². The fraction of sp³-hybridized carbons (Fsp3) is 0.857. The predicted octanol–water partition coefficient (Wildman–Crippen LogP) is 11.2. The number of hydrogen-bond donors (Lipinski definition) is 0. The van der Waals surface area contributed by atoms with Gasteiger partial charge in [-0.2, -0.15) is 0 Å². The molecule has 0 atom stereocenters. The minimum Gasteiger partial charge on any atom is -0.325 e. The monoisotopic (exact) mass is 531 g/mol. The molecule has 222 valence electrons. The van der Waals surface area contributed by atoms with Crippen LogP contribution in [0.4, 0.5) is 4.79 Å². The van der Waals surface area contributed by atoms with E-state index in [1.54, 1.807) is 0 Å². The molecule has 3 heteroatoms. The fourth-order valence-electron chi connectivity index (χ4n) is 5.42. The van der Waals surface area contributed by atoms with Crippen LogP contribution in [0.3, 0.4) is 0 Å². The summed E-state index contributed by atoms with van der Waals surface area (Å²) in [5, 5.41) is 0. The van der Waals surface area contributed by atoms with E-state index in [1.165, 1.54) is 154 Å². The third-order valence-corrected chi connectivity index (χ3v) is 8.03. The van der Waals surface area contributed by atoms with Gasteiger partial charge in [-0.25, -0.2) is 4.79 Å². The van der Waals surface area contributed by atoms with E-state index in [-0.39, 0.29) is 0 Å². The number of likely N-dealkylation sites (tertiary alicyclic amines) is 1. The van der Waals surface area contributed by atoms with Gasteiger partial charge in [0.25, 0.3) is 0 Å². The van der Waals surface area contributed by atoms with Crippen molar-refractivity contribution in [1.82, 2.24) is 9.80 Å². The van der Waals surface area contributed by atoms with Crippen LogP contribution in [0.5, 0.6) is 0 Å². The lowest BCUT2D eigenvalue weighted by molar-refractivity contribution is 0.152. The summed E-state index contributed by atoms with van der Waals surface area (Å²) < 4.78 is 0. The van der Waals surface area contributed by atoms with Crippen molar-refractivity contribution in [3.05, 3.63) is 24.3 Å². The minimum atomic E-state index is 0.330. The molecule has 2 amide bonds. The molecule has 0 radical (unpaired) electrons.